The molecule has 3 nitrogen and oxygen atoms in total. The van der Waals surface area contributed by atoms with E-state index in [4.69, 9.17) is 11.5 Å². The van der Waals surface area contributed by atoms with E-state index < -0.39 is 0 Å². The van der Waals surface area contributed by atoms with Crippen LogP contribution in [-0.2, 0) is 25.7 Å². The minimum Gasteiger partial charge on any atom is -0.399 e. The molecule has 0 heterocycles. The highest BCUT2D eigenvalue weighted by atomic mass is 16.1. The first-order valence-electron chi connectivity index (χ1n) is 8.85. The Labute approximate surface area is 145 Å². The van der Waals surface area contributed by atoms with E-state index in [1.54, 1.807) is 12.1 Å². The van der Waals surface area contributed by atoms with Crippen LogP contribution in [0.25, 0.3) is 0 Å². The zero-order valence-corrected chi connectivity index (χ0v) is 15.2. The van der Waals surface area contributed by atoms with Crippen LogP contribution in [0, 0.1) is 0 Å². The number of ketones is 1. The summed E-state index contributed by atoms with van der Waals surface area (Å²) in [7, 11) is 0. The fourth-order valence-electron chi connectivity index (χ4n) is 3.63. The van der Waals surface area contributed by atoms with E-state index in [1.165, 1.54) is 0 Å². The van der Waals surface area contributed by atoms with Gasteiger partial charge < -0.3 is 11.5 Å². The first-order chi connectivity index (χ1) is 11.5. The Balaban J connectivity index is 2.79. The molecular formula is C21H28N2O. The molecule has 2 aromatic carbocycles. The molecule has 24 heavy (non-hydrogen) atoms. The smallest absolute Gasteiger partial charge is 0.193 e. The van der Waals surface area contributed by atoms with Gasteiger partial charge in [-0.15, -0.1) is 0 Å². The summed E-state index contributed by atoms with van der Waals surface area (Å²) in [6.45, 7) is 8.40. The number of hydrogen-bond acceptors (Lipinski definition) is 3. The molecular weight excluding hydrogens is 296 g/mol. The SMILES string of the molecule is CCc1c(N)c(CC)c(CC)c(C(=O)c2ccc(N)cc2)c1CC. The fraction of sp³-hybridized carbons (Fsp3) is 0.381. The van der Waals surface area contributed by atoms with Gasteiger partial charge in [-0.3, -0.25) is 4.79 Å². The van der Waals surface area contributed by atoms with Crippen molar-refractivity contribution in [3.63, 3.8) is 0 Å². The standard InChI is InChI=1S/C21H28N2O/c1-5-15-17(7-3)20(23)18(8-4)16(6-2)19(15)21(24)13-9-11-14(22)12-10-13/h9-12H,5-8,22-23H2,1-4H3. The molecule has 4 N–H and O–H groups in total. The van der Waals surface area contributed by atoms with E-state index >= 15 is 0 Å². The summed E-state index contributed by atoms with van der Waals surface area (Å²) in [5.41, 5.74) is 19.8. The Morgan fingerprint density at radius 3 is 1.54 bits per heavy atom. The van der Waals surface area contributed by atoms with Crippen LogP contribution in [0.4, 0.5) is 11.4 Å². The molecule has 0 spiro atoms. The molecule has 0 atom stereocenters. The van der Waals surface area contributed by atoms with Gasteiger partial charge in [-0.25, -0.2) is 0 Å². The Morgan fingerprint density at radius 1 is 0.750 bits per heavy atom. The van der Waals surface area contributed by atoms with E-state index in [-0.39, 0.29) is 5.78 Å². The zero-order chi connectivity index (χ0) is 17.9. The number of nitrogen functional groups attached to an aromatic ring is 2. The van der Waals surface area contributed by atoms with Crippen LogP contribution in [0.15, 0.2) is 24.3 Å². The molecule has 0 saturated carbocycles. The van der Waals surface area contributed by atoms with Gasteiger partial charge in [0, 0.05) is 22.5 Å². The molecule has 0 radical (unpaired) electrons. The summed E-state index contributed by atoms with van der Waals surface area (Å²) < 4.78 is 0. The number of benzene rings is 2. The minimum atomic E-state index is 0.0769. The van der Waals surface area contributed by atoms with Gasteiger partial charge in [-0.1, -0.05) is 27.7 Å². The van der Waals surface area contributed by atoms with Gasteiger partial charge in [0.05, 0.1) is 0 Å². The van der Waals surface area contributed by atoms with Crippen LogP contribution in [0.1, 0.15) is 65.9 Å². The molecule has 0 saturated heterocycles. The van der Waals surface area contributed by atoms with Gasteiger partial charge in [0.25, 0.3) is 0 Å². The largest absolute Gasteiger partial charge is 0.399 e. The number of carbonyl (C=O) groups is 1. The van der Waals surface area contributed by atoms with E-state index in [0.29, 0.717) is 11.3 Å². The lowest BCUT2D eigenvalue weighted by atomic mass is 9.82. The van der Waals surface area contributed by atoms with Crippen LogP contribution < -0.4 is 11.5 Å². The Bertz CT molecular complexity index is 712. The summed E-state index contributed by atoms with van der Waals surface area (Å²) in [5, 5.41) is 0. The first kappa shape index (κ1) is 18.1. The third-order valence-corrected chi connectivity index (χ3v) is 4.80. The van der Waals surface area contributed by atoms with Gasteiger partial charge >= 0.3 is 0 Å². The van der Waals surface area contributed by atoms with Gasteiger partial charge in [-0.2, -0.15) is 0 Å². The minimum absolute atomic E-state index is 0.0769. The number of rotatable bonds is 6. The maximum atomic E-state index is 13.3. The Kier molecular flexibility index (Phi) is 5.66. The predicted octanol–water partition coefficient (Wildman–Crippen LogP) is 4.33. The molecule has 0 bridgehead atoms. The van der Waals surface area contributed by atoms with E-state index in [2.05, 4.69) is 27.7 Å². The van der Waals surface area contributed by atoms with Crippen molar-refractivity contribution in [2.75, 3.05) is 11.5 Å². The Morgan fingerprint density at radius 2 is 1.17 bits per heavy atom. The molecule has 128 valence electrons. The third-order valence-electron chi connectivity index (χ3n) is 4.80. The van der Waals surface area contributed by atoms with Crippen LogP contribution in [0.3, 0.4) is 0 Å². The maximum absolute atomic E-state index is 13.3. The molecule has 0 amide bonds. The second-order valence-corrected chi connectivity index (χ2v) is 6.07. The van der Waals surface area contributed by atoms with Gasteiger partial charge in [0.2, 0.25) is 0 Å². The van der Waals surface area contributed by atoms with Gasteiger partial charge in [-0.05, 0) is 72.2 Å². The summed E-state index contributed by atoms with van der Waals surface area (Å²) >= 11 is 0. The second kappa shape index (κ2) is 7.52. The average molecular weight is 324 g/mol. The molecule has 2 rings (SSSR count). The van der Waals surface area contributed by atoms with E-state index in [0.717, 1.165) is 59.2 Å². The van der Waals surface area contributed by atoms with Crippen LogP contribution >= 0.6 is 0 Å². The normalized spacial score (nSPS) is 10.8. The number of carbonyl (C=O) groups excluding carboxylic acids is 1. The van der Waals surface area contributed by atoms with E-state index in [9.17, 15) is 4.79 Å². The van der Waals surface area contributed by atoms with Crippen LogP contribution in [0.5, 0.6) is 0 Å². The lowest BCUT2D eigenvalue weighted by Gasteiger charge is -2.23. The molecule has 0 unspecified atom stereocenters. The summed E-state index contributed by atoms with van der Waals surface area (Å²) in [6, 6.07) is 7.18. The van der Waals surface area contributed by atoms with Crippen LogP contribution in [0.2, 0.25) is 0 Å². The second-order valence-electron chi connectivity index (χ2n) is 6.07. The van der Waals surface area contributed by atoms with Crippen molar-refractivity contribution in [1.82, 2.24) is 0 Å². The molecule has 0 aliphatic carbocycles. The van der Waals surface area contributed by atoms with Gasteiger partial charge in [0.15, 0.2) is 5.78 Å². The quantitative estimate of drug-likeness (QED) is 0.614. The summed E-state index contributed by atoms with van der Waals surface area (Å²) in [4.78, 5) is 13.3. The summed E-state index contributed by atoms with van der Waals surface area (Å²) in [6.07, 6.45) is 3.29. The van der Waals surface area contributed by atoms with Crippen LogP contribution in [-0.4, -0.2) is 5.78 Å². The first-order valence-corrected chi connectivity index (χ1v) is 8.85. The van der Waals surface area contributed by atoms with Crippen molar-refractivity contribution >= 4 is 17.2 Å². The van der Waals surface area contributed by atoms with Crippen molar-refractivity contribution in [1.29, 1.82) is 0 Å². The number of anilines is 2. The van der Waals surface area contributed by atoms with Crippen molar-refractivity contribution < 1.29 is 4.79 Å². The lowest BCUT2D eigenvalue weighted by Crippen LogP contribution is -2.16. The molecule has 3 heteroatoms. The van der Waals surface area contributed by atoms with E-state index in [1.807, 2.05) is 12.1 Å². The zero-order valence-electron chi connectivity index (χ0n) is 15.2. The summed E-state index contributed by atoms with van der Waals surface area (Å²) in [5.74, 6) is 0.0769. The topological polar surface area (TPSA) is 69.1 Å². The van der Waals surface area contributed by atoms with Gasteiger partial charge in [0.1, 0.15) is 0 Å². The van der Waals surface area contributed by atoms with Crippen molar-refractivity contribution in [2.24, 2.45) is 0 Å². The molecule has 2 aromatic rings. The molecule has 0 aliphatic heterocycles. The molecule has 0 aromatic heterocycles. The van der Waals surface area contributed by atoms with Crippen molar-refractivity contribution in [3.05, 3.63) is 57.6 Å². The highest BCUT2D eigenvalue weighted by molar-refractivity contribution is 6.12. The van der Waals surface area contributed by atoms with Crippen molar-refractivity contribution in [3.8, 4) is 0 Å². The Hall–Kier alpha value is -2.29. The number of nitrogens with two attached hydrogens (primary N) is 2. The average Bonchev–Trinajstić information content (AvgIpc) is 2.60. The predicted molar refractivity (Wildman–Crippen MR) is 103 cm³/mol. The highest BCUT2D eigenvalue weighted by Crippen LogP contribution is 2.34. The van der Waals surface area contributed by atoms with Crippen molar-refractivity contribution in [2.45, 2.75) is 53.4 Å². The highest BCUT2D eigenvalue weighted by Gasteiger charge is 2.24. The monoisotopic (exact) mass is 324 g/mol. The maximum Gasteiger partial charge on any atom is 0.193 e. The fourth-order valence-corrected chi connectivity index (χ4v) is 3.63. The molecule has 0 aliphatic rings. The molecule has 0 fully saturated rings. The lowest BCUT2D eigenvalue weighted by molar-refractivity contribution is 0.103. The third kappa shape index (κ3) is 3.03. The number of hydrogen-bond donors (Lipinski definition) is 2.